The maximum absolute atomic E-state index is 12.6. The second-order valence-electron chi connectivity index (χ2n) is 7.24. The van der Waals surface area contributed by atoms with E-state index in [1.54, 1.807) is 0 Å². The first-order valence-electron chi connectivity index (χ1n) is 8.46. The number of carbonyl (C=O) groups excluding carboxylic acids is 1. The van der Waals surface area contributed by atoms with Gasteiger partial charge in [-0.2, -0.15) is 0 Å². The van der Waals surface area contributed by atoms with Crippen molar-refractivity contribution in [2.24, 2.45) is 5.73 Å². The van der Waals surface area contributed by atoms with Crippen LogP contribution in [0.1, 0.15) is 37.8 Å². The molecule has 3 rings (SSSR count). The minimum atomic E-state index is -0.791. The molecule has 3 N–H and O–H groups in total. The van der Waals surface area contributed by atoms with Crippen LogP contribution in [0.15, 0.2) is 60.8 Å². The van der Waals surface area contributed by atoms with Crippen LogP contribution in [0.4, 0.5) is 0 Å². The normalized spacial score (nSPS) is 14.2. The quantitative estimate of drug-likeness (QED) is 0.708. The van der Waals surface area contributed by atoms with E-state index >= 15 is 0 Å². The van der Waals surface area contributed by atoms with Crippen LogP contribution in [0.5, 0.6) is 0 Å². The molecule has 4 heteroatoms. The topological polar surface area (TPSA) is 68.1 Å². The number of esters is 1. The van der Waals surface area contributed by atoms with Crippen LogP contribution in [0.2, 0.25) is 0 Å². The monoisotopic (exact) mass is 336 g/mol. The lowest BCUT2D eigenvalue weighted by atomic mass is 9.85. The number of aromatic amines is 1. The number of hydrogen-bond donors (Lipinski definition) is 2. The van der Waals surface area contributed by atoms with Gasteiger partial charge >= 0.3 is 5.97 Å². The standard InChI is InChI=1S/C21H24N2O2/c1-21(2,3)25-20(24)19(22)18(14-9-5-4-6-10-14)16-13-23-17-12-8-7-11-15(16)17/h4-13,18-19,23H,22H2,1-3H3/t18-,19-/m1/s1. The highest BCUT2D eigenvalue weighted by atomic mass is 16.6. The molecule has 0 saturated heterocycles. The van der Waals surface area contributed by atoms with Crippen molar-refractivity contribution in [1.29, 1.82) is 0 Å². The number of fused-ring (bicyclic) bond motifs is 1. The van der Waals surface area contributed by atoms with E-state index in [0.29, 0.717) is 0 Å². The maximum atomic E-state index is 12.6. The van der Waals surface area contributed by atoms with E-state index in [4.69, 9.17) is 10.5 Å². The highest BCUT2D eigenvalue weighted by Gasteiger charge is 2.32. The molecule has 1 aromatic heterocycles. The van der Waals surface area contributed by atoms with Crippen LogP contribution < -0.4 is 5.73 Å². The van der Waals surface area contributed by atoms with Crippen LogP contribution >= 0.6 is 0 Å². The molecule has 0 aliphatic rings. The van der Waals surface area contributed by atoms with Crippen molar-refractivity contribution >= 4 is 16.9 Å². The molecule has 3 aromatic rings. The van der Waals surface area contributed by atoms with Gasteiger partial charge in [0.1, 0.15) is 11.6 Å². The van der Waals surface area contributed by atoms with Crippen LogP contribution in [-0.2, 0) is 9.53 Å². The molecule has 0 radical (unpaired) electrons. The zero-order chi connectivity index (χ0) is 18.0. The predicted octanol–water partition coefficient (Wildman–Crippen LogP) is 3.97. The molecule has 25 heavy (non-hydrogen) atoms. The third kappa shape index (κ3) is 3.74. The molecule has 130 valence electrons. The lowest BCUT2D eigenvalue weighted by Gasteiger charge is -2.27. The van der Waals surface area contributed by atoms with Gasteiger partial charge in [-0.1, -0.05) is 48.5 Å². The Kier molecular flexibility index (Phi) is 4.64. The van der Waals surface area contributed by atoms with E-state index in [2.05, 4.69) is 4.98 Å². The van der Waals surface area contributed by atoms with Crippen molar-refractivity contribution < 1.29 is 9.53 Å². The van der Waals surface area contributed by atoms with Crippen molar-refractivity contribution in [3.63, 3.8) is 0 Å². The van der Waals surface area contributed by atoms with Gasteiger partial charge in [0.15, 0.2) is 0 Å². The molecule has 0 spiro atoms. The molecule has 0 unspecified atom stereocenters. The van der Waals surface area contributed by atoms with Crippen molar-refractivity contribution in [2.75, 3.05) is 0 Å². The number of nitrogens with one attached hydrogen (secondary N) is 1. The first-order chi connectivity index (χ1) is 11.9. The second kappa shape index (κ2) is 6.73. The average molecular weight is 336 g/mol. The SMILES string of the molecule is CC(C)(C)OC(=O)[C@H](N)[C@H](c1ccccc1)c1c[nH]c2ccccc12. The van der Waals surface area contributed by atoms with Crippen molar-refractivity contribution in [3.05, 3.63) is 71.9 Å². The van der Waals surface area contributed by atoms with Gasteiger partial charge in [-0.3, -0.25) is 4.79 Å². The predicted molar refractivity (Wildman–Crippen MR) is 100 cm³/mol. The molecule has 1 heterocycles. The van der Waals surface area contributed by atoms with E-state index < -0.39 is 17.6 Å². The second-order valence-corrected chi connectivity index (χ2v) is 7.24. The highest BCUT2D eigenvalue weighted by Crippen LogP contribution is 2.33. The van der Waals surface area contributed by atoms with Crippen LogP contribution in [-0.4, -0.2) is 22.6 Å². The molecule has 0 fully saturated rings. The molecule has 0 aliphatic carbocycles. The van der Waals surface area contributed by atoms with Gasteiger partial charge in [0.05, 0.1) is 0 Å². The Morgan fingerprint density at radius 3 is 2.36 bits per heavy atom. The number of para-hydroxylation sites is 1. The molecule has 0 saturated carbocycles. The minimum Gasteiger partial charge on any atom is -0.459 e. The molecule has 2 aromatic carbocycles. The summed E-state index contributed by atoms with van der Waals surface area (Å²) in [5.74, 6) is -0.682. The van der Waals surface area contributed by atoms with Gasteiger partial charge < -0.3 is 15.5 Å². The molecule has 0 amide bonds. The fraction of sp³-hybridized carbons (Fsp3) is 0.286. The summed E-state index contributed by atoms with van der Waals surface area (Å²) in [4.78, 5) is 15.9. The number of benzene rings is 2. The van der Waals surface area contributed by atoms with Gasteiger partial charge in [0, 0.05) is 23.0 Å². The Labute approximate surface area is 148 Å². The fourth-order valence-electron chi connectivity index (χ4n) is 3.10. The number of H-pyrrole nitrogens is 1. The summed E-state index contributed by atoms with van der Waals surface area (Å²) in [6.07, 6.45) is 1.94. The summed E-state index contributed by atoms with van der Waals surface area (Å²) in [6.45, 7) is 5.54. The molecule has 4 nitrogen and oxygen atoms in total. The van der Waals surface area contributed by atoms with Crippen molar-refractivity contribution in [3.8, 4) is 0 Å². The summed E-state index contributed by atoms with van der Waals surface area (Å²) in [5, 5.41) is 1.07. The number of aromatic nitrogens is 1. The van der Waals surface area contributed by atoms with Gasteiger partial charge in [-0.15, -0.1) is 0 Å². The zero-order valence-corrected chi connectivity index (χ0v) is 14.8. The molecule has 0 bridgehead atoms. The van der Waals surface area contributed by atoms with Crippen LogP contribution in [0.3, 0.4) is 0 Å². The lowest BCUT2D eigenvalue weighted by Crippen LogP contribution is -2.42. The summed E-state index contributed by atoms with van der Waals surface area (Å²) in [5.41, 5.74) is 8.84. The van der Waals surface area contributed by atoms with Crippen LogP contribution in [0.25, 0.3) is 10.9 Å². The Bertz CT molecular complexity index is 862. The maximum Gasteiger partial charge on any atom is 0.324 e. The van der Waals surface area contributed by atoms with E-state index in [1.165, 1.54) is 0 Å². The largest absolute Gasteiger partial charge is 0.459 e. The Morgan fingerprint density at radius 1 is 1.04 bits per heavy atom. The first kappa shape index (κ1) is 17.2. The first-order valence-corrected chi connectivity index (χ1v) is 8.46. The Morgan fingerprint density at radius 2 is 1.68 bits per heavy atom. The summed E-state index contributed by atoms with van der Waals surface area (Å²) in [7, 11) is 0. The zero-order valence-electron chi connectivity index (χ0n) is 14.8. The van der Waals surface area contributed by atoms with E-state index in [-0.39, 0.29) is 5.92 Å². The average Bonchev–Trinajstić information content (AvgIpc) is 2.98. The molecule has 0 aliphatic heterocycles. The van der Waals surface area contributed by atoms with Crippen molar-refractivity contribution in [1.82, 2.24) is 4.98 Å². The highest BCUT2D eigenvalue weighted by molar-refractivity contribution is 5.86. The van der Waals surface area contributed by atoms with Gasteiger partial charge in [0.25, 0.3) is 0 Å². The summed E-state index contributed by atoms with van der Waals surface area (Å²) >= 11 is 0. The van der Waals surface area contributed by atoms with E-state index in [9.17, 15) is 4.79 Å². The van der Waals surface area contributed by atoms with Crippen molar-refractivity contribution in [2.45, 2.75) is 38.3 Å². The number of hydrogen-bond acceptors (Lipinski definition) is 3. The van der Waals surface area contributed by atoms with Gasteiger partial charge in [0.2, 0.25) is 0 Å². The molecule has 2 atom stereocenters. The third-order valence-electron chi connectivity index (χ3n) is 4.15. The Balaban J connectivity index is 2.06. The molecular formula is C21H24N2O2. The number of carbonyl (C=O) groups is 1. The summed E-state index contributed by atoms with van der Waals surface area (Å²) in [6, 6.07) is 17.1. The molecular weight excluding hydrogens is 312 g/mol. The lowest BCUT2D eigenvalue weighted by molar-refractivity contribution is -0.156. The Hall–Kier alpha value is -2.59. The van der Waals surface area contributed by atoms with E-state index in [0.717, 1.165) is 22.0 Å². The smallest absolute Gasteiger partial charge is 0.324 e. The van der Waals surface area contributed by atoms with Gasteiger partial charge in [-0.25, -0.2) is 0 Å². The minimum absolute atomic E-state index is 0.285. The number of rotatable bonds is 4. The third-order valence-corrected chi connectivity index (χ3v) is 4.15. The number of ether oxygens (including phenoxy) is 1. The van der Waals surface area contributed by atoms with Crippen LogP contribution in [0, 0.1) is 0 Å². The number of nitrogens with two attached hydrogens (primary N) is 1. The fourth-order valence-corrected chi connectivity index (χ4v) is 3.10. The van der Waals surface area contributed by atoms with E-state index in [1.807, 2.05) is 81.6 Å². The van der Waals surface area contributed by atoms with Gasteiger partial charge in [-0.05, 0) is 38.0 Å². The summed E-state index contributed by atoms with van der Waals surface area (Å²) < 4.78 is 5.54.